The number of hydrogen-bond acceptors (Lipinski definition) is 6. The molecule has 0 amide bonds. The molecular formula is C57H53N7. The van der Waals surface area contributed by atoms with Crippen molar-refractivity contribution in [2.75, 3.05) is 4.90 Å². The minimum Gasteiger partial charge on any atom is -0.351 e. The molecule has 11 rings (SSSR count). The fourth-order valence-corrected chi connectivity index (χ4v) is 10.6. The van der Waals surface area contributed by atoms with Crippen molar-refractivity contribution in [2.45, 2.75) is 64.2 Å². The smallest absolute Gasteiger partial charge is 0.129 e. The molecule has 0 saturated heterocycles. The summed E-state index contributed by atoms with van der Waals surface area (Å²) in [4.78, 5) is 17.5. The lowest BCUT2D eigenvalue weighted by Crippen LogP contribution is -2.60. The number of benzene rings is 3. The molecule has 7 heteroatoms. The maximum Gasteiger partial charge on any atom is 0.129 e. The normalized spacial score (nSPS) is 24.8. The van der Waals surface area contributed by atoms with Crippen LogP contribution in [0.25, 0.3) is 34.3 Å². The van der Waals surface area contributed by atoms with E-state index >= 15 is 0 Å². The van der Waals surface area contributed by atoms with Crippen molar-refractivity contribution >= 4 is 46.4 Å². The van der Waals surface area contributed by atoms with Crippen molar-refractivity contribution in [1.29, 1.82) is 0 Å². The van der Waals surface area contributed by atoms with Gasteiger partial charge in [-0.15, -0.1) is 0 Å². The number of aliphatic imine (C=N–C) groups is 2. The molecule has 4 atom stereocenters. The van der Waals surface area contributed by atoms with Crippen LogP contribution in [0, 0.1) is 11.8 Å². The van der Waals surface area contributed by atoms with Crippen LogP contribution in [0.3, 0.4) is 0 Å². The zero-order chi connectivity index (χ0) is 43.2. The SMILES string of the molecule is C=C1/C=N\C=C/c2ccccc2N1C1=C(C2=CC=CC(C)C2)C=CCC1C1=NC(c2ccccc2)NC(C)(c2cccc(C3=CCCC=C3)c2-n2c3c(c4ccncc42)C=CCC3)N1. The van der Waals surface area contributed by atoms with Gasteiger partial charge in [-0.2, -0.15) is 0 Å². The van der Waals surface area contributed by atoms with E-state index in [4.69, 9.17) is 21.5 Å². The summed E-state index contributed by atoms with van der Waals surface area (Å²) in [5, 5.41) is 9.53. The molecule has 6 aliphatic rings. The number of allylic oxidation sites excluding steroid dienone is 13. The summed E-state index contributed by atoms with van der Waals surface area (Å²) < 4.78 is 2.53. The maximum absolute atomic E-state index is 5.72. The average molecular weight is 836 g/mol. The molecule has 4 aliphatic carbocycles. The second-order valence-corrected chi connectivity index (χ2v) is 17.8. The molecule has 316 valence electrons. The Labute approximate surface area is 376 Å². The van der Waals surface area contributed by atoms with Gasteiger partial charge in [-0.25, -0.2) is 4.99 Å². The zero-order valence-corrected chi connectivity index (χ0v) is 36.6. The topological polar surface area (TPSA) is 69.8 Å². The number of anilines is 1. The summed E-state index contributed by atoms with van der Waals surface area (Å²) in [7, 11) is 0. The molecule has 0 radical (unpaired) electrons. The van der Waals surface area contributed by atoms with Crippen LogP contribution in [0.2, 0.25) is 0 Å². The van der Waals surface area contributed by atoms with Crippen LogP contribution < -0.4 is 15.5 Å². The second-order valence-electron chi connectivity index (χ2n) is 17.8. The third kappa shape index (κ3) is 7.01. The van der Waals surface area contributed by atoms with E-state index in [1.165, 1.54) is 38.9 Å². The number of fused-ring (bicyclic) bond motifs is 4. The van der Waals surface area contributed by atoms with Gasteiger partial charge in [0, 0.05) is 51.4 Å². The summed E-state index contributed by atoms with van der Waals surface area (Å²) in [5.74, 6) is 1.17. The molecule has 0 bridgehead atoms. The molecule has 7 nitrogen and oxygen atoms in total. The molecular weight excluding hydrogens is 783 g/mol. The van der Waals surface area contributed by atoms with Gasteiger partial charge in [0.1, 0.15) is 17.7 Å². The van der Waals surface area contributed by atoms with Crippen LogP contribution in [-0.2, 0) is 12.1 Å². The van der Waals surface area contributed by atoms with E-state index in [1.807, 2.05) is 24.8 Å². The van der Waals surface area contributed by atoms with Crippen molar-refractivity contribution in [3.05, 3.63) is 215 Å². The van der Waals surface area contributed by atoms with Gasteiger partial charge in [-0.1, -0.05) is 141 Å². The summed E-state index contributed by atoms with van der Waals surface area (Å²) in [5.41, 5.74) is 15.3. The Morgan fingerprint density at radius 2 is 1.75 bits per heavy atom. The molecule has 5 aromatic rings. The van der Waals surface area contributed by atoms with Crippen LogP contribution >= 0.6 is 0 Å². The Hall–Kier alpha value is -7.09. The summed E-state index contributed by atoms with van der Waals surface area (Å²) >= 11 is 0. The van der Waals surface area contributed by atoms with Crippen molar-refractivity contribution < 1.29 is 0 Å². The van der Waals surface area contributed by atoms with E-state index in [9.17, 15) is 0 Å². The Balaban J connectivity index is 1.15. The van der Waals surface area contributed by atoms with E-state index in [0.29, 0.717) is 5.92 Å². The number of hydrogen-bond donors (Lipinski definition) is 2. The lowest BCUT2D eigenvalue weighted by atomic mass is 9.81. The maximum atomic E-state index is 5.72. The first-order valence-electron chi connectivity index (χ1n) is 22.8. The number of aromatic nitrogens is 2. The Morgan fingerprint density at radius 1 is 0.875 bits per heavy atom. The van der Waals surface area contributed by atoms with Crippen LogP contribution in [0.5, 0.6) is 0 Å². The third-order valence-electron chi connectivity index (χ3n) is 13.5. The van der Waals surface area contributed by atoms with Crippen LogP contribution in [-0.4, -0.2) is 21.6 Å². The van der Waals surface area contributed by atoms with Crippen molar-refractivity contribution in [1.82, 2.24) is 20.2 Å². The molecule has 2 N–H and O–H groups in total. The fourth-order valence-electron chi connectivity index (χ4n) is 10.6. The Morgan fingerprint density at radius 3 is 2.62 bits per heavy atom. The monoisotopic (exact) mass is 835 g/mol. The average Bonchev–Trinajstić information content (AvgIpc) is 3.67. The number of nitrogens with one attached hydrogen (secondary N) is 2. The first-order valence-corrected chi connectivity index (χ1v) is 22.8. The summed E-state index contributed by atoms with van der Waals surface area (Å²) in [6.45, 7) is 9.30. The van der Waals surface area contributed by atoms with Gasteiger partial charge >= 0.3 is 0 Å². The number of nitrogens with zero attached hydrogens (tertiary/aromatic N) is 5. The van der Waals surface area contributed by atoms with Crippen molar-refractivity contribution in [2.24, 2.45) is 21.8 Å². The Kier molecular flexibility index (Phi) is 10.3. The summed E-state index contributed by atoms with van der Waals surface area (Å²) in [6, 6.07) is 28.3. The minimum atomic E-state index is -0.804. The summed E-state index contributed by atoms with van der Waals surface area (Å²) in [6.07, 6.45) is 38.2. The molecule has 0 spiro atoms. The van der Waals surface area contributed by atoms with Crippen LogP contribution in [0.4, 0.5) is 5.69 Å². The van der Waals surface area contributed by atoms with Gasteiger partial charge in [0.05, 0.1) is 40.9 Å². The van der Waals surface area contributed by atoms with Gasteiger partial charge < -0.3 is 14.8 Å². The first kappa shape index (κ1) is 39.7. The van der Waals surface area contributed by atoms with Gasteiger partial charge in [0.25, 0.3) is 0 Å². The highest BCUT2D eigenvalue weighted by Gasteiger charge is 2.43. The van der Waals surface area contributed by atoms with E-state index in [-0.39, 0.29) is 12.1 Å². The highest BCUT2D eigenvalue weighted by Crippen LogP contribution is 2.45. The molecule has 0 saturated carbocycles. The van der Waals surface area contributed by atoms with Crippen molar-refractivity contribution in [3.8, 4) is 5.69 Å². The van der Waals surface area contributed by atoms with Crippen LogP contribution in [0.1, 0.15) is 85.6 Å². The van der Waals surface area contributed by atoms with Crippen molar-refractivity contribution in [3.63, 3.8) is 0 Å². The lowest BCUT2D eigenvalue weighted by molar-refractivity contribution is 0.270. The molecule has 3 aromatic carbocycles. The van der Waals surface area contributed by atoms with E-state index in [2.05, 4.69) is 180 Å². The highest BCUT2D eigenvalue weighted by atomic mass is 15.3. The minimum absolute atomic E-state index is 0.165. The number of pyridine rings is 1. The molecule has 2 aliphatic heterocycles. The predicted molar refractivity (Wildman–Crippen MR) is 266 cm³/mol. The Bertz CT molecular complexity index is 3020. The van der Waals surface area contributed by atoms with Gasteiger partial charge in [-0.05, 0) is 91.9 Å². The van der Waals surface area contributed by atoms with E-state index in [0.717, 1.165) is 89.3 Å². The van der Waals surface area contributed by atoms with Gasteiger partial charge in [0.15, 0.2) is 0 Å². The van der Waals surface area contributed by atoms with Crippen LogP contribution in [0.15, 0.2) is 191 Å². The molecule has 64 heavy (non-hydrogen) atoms. The number of amidine groups is 1. The molecule has 4 heterocycles. The standard InChI is InChI=1S/C57H53N7/c1-38-17-14-23-43(35-38)45-25-15-27-48(53(45)63-39(2)36-58-33-31-41-20-10-12-29-50(41)63)56-60-55(42-21-8-5-9-22-42)61-57(3,62-56)49-28-16-26-44(40-18-6-4-7-19-40)54(49)64-51-30-13-11-24-46(51)47-32-34-59-37-52(47)64/h5-6,8-12,14-26,28-29,31-34,36-38,48,55,61H,2,4,7,13,27,30,35H2,1,3H3,(H,60,62)/b33-31-,58-36-. The number of para-hydroxylation sites is 2. The third-order valence-corrected chi connectivity index (χ3v) is 13.5. The zero-order valence-electron chi connectivity index (χ0n) is 36.6. The van der Waals surface area contributed by atoms with E-state index < -0.39 is 5.66 Å². The molecule has 0 fully saturated rings. The highest BCUT2D eigenvalue weighted by molar-refractivity contribution is 5.97. The largest absolute Gasteiger partial charge is 0.351 e. The first-order chi connectivity index (χ1) is 31.4. The van der Waals surface area contributed by atoms with Gasteiger partial charge in [-0.3, -0.25) is 15.3 Å². The quantitative estimate of drug-likeness (QED) is 0.171. The number of rotatable bonds is 7. The molecule has 2 aromatic heterocycles. The molecule has 4 unspecified atom stereocenters. The van der Waals surface area contributed by atoms with E-state index in [1.54, 1.807) is 0 Å². The lowest BCUT2D eigenvalue weighted by Gasteiger charge is -2.45. The predicted octanol–water partition coefficient (Wildman–Crippen LogP) is 12.6. The van der Waals surface area contributed by atoms with Gasteiger partial charge in [0.2, 0.25) is 0 Å². The second kappa shape index (κ2) is 16.6. The fraction of sp³-hybridized carbons (Fsp3) is 0.211.